The van der Waals surface area contributed by atoms with E-state index in [1.165, 1.54) is 82.5 Å². The van der Waals surface area contributed by atoms with Crippen LogP contribution in [0.25, 0.3) is 82.5 Å². The molecule has 0 aliphatic heterocycles. The van der Waals surface area contributed by atoms with E-state index >= 15 is 0 Å². The second-order valence-corrected chi connectivity index (χ2v) is 14.9. The fourth-order valence-corrected chi connectivity index (χ4v) is 8.93. The Bertz CT molecular complexity index is 3140. The topological polar surface area (TPSA) is 7.65 Å². The van der Waals surface area contributed by atoms with Crippen LogP contribution in [0, 0.1) is 0 Å². The second-order valence-electron chi connectivity index (χ2n) is 14.9. The third-order valence-corrected chi connectivity index (χ3v) is 11.6. The molecule has 0 saturated carbocycles. The fourth-order valence-electron chi connectivity index (χ4n) is 8.93. The molecule has 58 heavy (non-hydrogen) atoms. The second kappa shape index (κ2) is 14.1. The van der Waals surface area contributed by atoms with Crippen LogP contribution in [0.15, 0.2) is 231 Å². The van der Waals surface area contributed by atoms with Gasteiger partial charge in [0.25, 0.3) is 0 Å². The van der Waals surface area contributed by atoms with Gasteiger partial charge in [0, 0.05) is 45.0 Å². The molecule has 2 aromatic heterocycles. The molecule has 2 heteroatoms. The highest BCUT2D eigenvalue weighted by atomic mass is 15.1. The predicted molar refractivity (Wildman–Crippen MR) is 246 cm³/mol. The van der Waals surface area contributed by atoms with Gasteiger partial charge in [0.2, 0.25) is 0 Å². The molecule has 0 bridgehead atoms. The largest absolute Gasteiger partial charge is 0.315 e. The summed E-state index contributed by atoms with van der Waals surface area (Å²) in [7, 11) is 0. The smallest absolute Gasteiger partial charge is 0.0620 e. The number of hydrogen-bond acceptors (Lipinski definition) is 1. The van der Waals surface area contributed by atoms with Gasteiger partial charge in [-0.25, -0.2) is 0 Å². The monoisotopic (exact) mass is 738 g/mol. The Hall–Kier alpha value is -7.68. The number of aromatic nitrogens is 1. The highest BCUT2D eigenvalue weighted by molar-refractivity contribution is 6.33. The van der Waals surface area contributed by atoms with Crippen molar-refractivity contribution in [2.45, 2.75) is 0 Å². The van der Waals surface area contributed by atoms with Crippen molar-refractivity contribution in [2.75, 3.05) is 4.90 Å². The third-order valence-electron chi connectivity index (χ3n) is 11.6. The number of fused-ring (bicyclic) bond motifs is 8. The lowest BCUT2D eigenvalue weighted by atomic mass is 9.89. The van der Waals surface area contributed by atoms with Crippen molar-refractivity contribution in [1.82, 2.24) is 4.40 Å². The highest BCUT2D eigenvalue weighted by Crippen LogP contribution is 2.47. The van der Waals surface area contributed by atoms with E-state index in [1.807, 2.05) is 0 Å². The molecular formula is C56H38N2. The van der Waals surface area contributed by atoms with E-state index in [2.05, 4.69) is 240 Å². The highest BCUT2D eigenvalue weighted by Gasteiger charge is 2.22. The Labute approximate surface area is 338 Å². The molecule has 0 atom stereocenters. The Kier molecular flexibility index (Phi) is 8.19. The molecule has 0 N–H and O–H groups in total. The van der Waals surface area contributed by atoms with Crippen LogP contribution < -0.4 is 4.90 Å². The molecule has 2 nitrogen and oxygen atoms in total. The van der Waals surface area contributed by atoms with E-state index in [4.69, 9.17) is 0 Å². The van der Waals surface area contributed by atoms with Crippen molar-refractivity contribution >= 4 is 55.0 Å². The number of benzene rings is 9. The minimum atomic E-state index is 1.10. The molecule has 0 amide bonds. The van der Waals surface area contributed by atoms with E-state index in [1.54, 1.807) is 0 Å². The lowest BCUT2D eigenvalue weighted by molar-refractivity contribution is 1.26. The maximum Gasteiger partial charge on any atom is 0.0620 e. The summed E-state index contributed by atoms with van der Waals surface area (Å²) in [5.41, 5.74) is 15.4. The van der Waals surface area contributed by atoms with Gasteiger partial charge in [-0.3, -0.25) is 0 Å². The maximum atomic E-state index is 2.39. The van der Waals surface area contributed by atoms with Crippen LogP contribution >= 0.6 is 0 Å². The molecule has 0 saturated heterocycles. The van der Waals surface area contributed by atoms with Gasteiger partial charge in [-0.15, -0.1) is 0 Å². The third kappa shape index (κ3) is 5.66. The van der Waals surface area contributed by atoms with Gasteiger partial charge < -0.3 is 9.30 Å². The van der Waals surface area contributed by atoms with Gasteiger partial charge in [-0.1, -0.05) is 176 Å². The molecule has 272 valence electrons. The Morgan fingerprint density at radius 1 is 0.293 bits per heavy atom. The molecule has 0 aliphatic rings. The van der Waals surface area contributed by atoms with Crippen molar-refractivity contribution in [2.24, 2.45) is 0 Å². The number of anilines is 3. The van der Waals surface area contributed by atoms with E-state index in [0.717, 1.165) is 17.1 Å². The van der Waals surface area contributed by atoms with Crippen LogP contribution in [0.5, 0.6) is 0 Å². The van der Waals surface area contributed by atoms with Crippen molar-refractivity contribution < 1.29 is 0 Å². The van der Waals surface area contributed by atoms with Crippen LogP contribution in [-0.4, -0.2) is 4.40 Å². The van der Waals surface area contributed by atoms with Crippen LogP contribution in [0.3, 0.4) is 0 Å². The summed E-state index contributed by atoms with van der Waals surface area (Å²) in [6.07, 6.45) is 2.22. The molecule has 0 radical (unpaired) electrons. The van der Waals surface area contributed by atoms with Crippen molar-refractivity contribution in [1.29, 1.82) is 0 Å². The first-order chi connectivity index (χ1) is 28.8. The first-order valence-electron chi connectivity index (χ1n) is 19.9. The molecule has 2 heterocycles. The minimum Gasteiger partial charge on any atom is -0.315 e. The molecular weight excluding hydrogens is 701 g/mol. The van der Waals surface area contributed by atoms with Gasteiger partial charge in [0.15, 0.2) is 0 Å². The fraction of sp³-hybridized carbons (Fsp3) is 0. The lowest BCUT2D eigenvalue weighted by Gasteiger charge is -2.26. The van der Waals surface area contributed by atoms with E-state index in [9.17, 15) is 0 Å². The normalized spacial score (nSPS) is 11.4. The first-order valence-corrected chi connectivity index (χ1v) is 19.9. The van der Waals surface area contributed by atoms with Crippen molar-refractivity contribution in [3.05, 3.63) is 231 Å². The number of pyridine rings is 1. The van der Waals surface area contributed by atoms with E-state index in [-0.39, 0.29) is 0 Å². The lowest BCUT2D eigenvalue weighted by Crippen LogP contribution is -2.09. The van der Waals surface area contributed by atoms with Gasteiger partial charge >= 0.3 is 0 Å². The Morgan fingerprint density at radius 3 is 1.31 bits per heavy atom. The van der Waals surface area contributed by atoms with Gasteiger partial charge in [0.05, 0.1) is 11.0 Å². The molecule has 0 aliphatic carbocycles. The molecule has 11 rings (SSSR count). The first kappa shape index (κ1) is 33.6. The molecule has 0 spiro atoms. The summed E-state index contributed by atoms with van der Waals surface area (Å²) >= 11 is 0. The summed E-state index contributed by atoms with van der Waals surface area (Å²) in [5, 5.41) is 6.33. The van der Waals surface area contributed by atoms with Gasteiger partial charge in [-0.05, 0) is 98.2 Å². The number of rotatable bonds is 7. The average Bonchev–Trinajstić information content (AvgIpc) is 3.66. The summed E-state index contributed by atoms with van der Waals surface area (Å²) in [6, 6.07) is 81.3. The van der Waals surface area contributed by atoms with Gasteiger partial charge in [0.1, 0.15) is 0 Å². The zero-order valence-corrected chi connectivity index (χ0v) is 31.8. The van der Waals surface area contributed by atoms with E-state index in [0.29, 0.717) is 0 Å². The minimum absolute atomic E-state index is 1.10. The van der Waals surface area contributed by atoms with Crippen molar-refractivity contribution in [3.8, 4) is 44.5 Å². The van der Waals surface area contributed by atoms with Crippen LogP contribution in [0.2, 0.25) is 0 Å². The zero-order chi connectivity index (χ0) is 38.4. The summed E-state index contributed by atoms with van der Waals surface area (Å²) in [5.74, 6) is 0. The SMILES string of the molecule is c1ccc(-c2ccc(N(c3ccc(-c4ccccc4)cc3)c3ccc(-c4cccc5c6ccccc6c6c(c(-c7ccccc7)c7ccccn76)c45)cc3)cc2)cc1. The average molecular weight is 739 g/mol. The van der Waals surface area contributed by atoms with Crippen LogP contribution in [0.4, 0.5) is 17.1 Å². The maximum absolute atomic E-state index is 2.39. The number of nitrogens with zero attached hydrogens (tertiary/aromatic N) is 2. The standard InChI is InChI=1S/C56H38N2/c1-4-15-39(16-5-1)41-26-32-45(33-27-41)58(46-34-28-42(29-35-46)40-17-6-2-7-18-40)47-36-30-43(31-37-47)48-23-14-24-50-49-21-10-11-22-51(49)56-55(54(48)50)53(44-19-8-3-9-20-44)52-25-12-13-38-57(52)56/h1-38H. The Balaban J connectivity index is 1.09. The number of hydrogen-bond donors (Lipinski definition) is 0. The van der Waals surface area contributed by atoms with Crippen molar-refractivity contribution in [3.63, 3.8) is 0 Å². The summed E-state index contributed by atoms with van der Waals surface area (Å²) in [6.45, 7) is 0. The molecule has 0 unspecified atom stereocenters. The van der Waals surface area contributed by atoms with Gasteiger partial charge in [-0.2, -0.15) is 0 Å². The quantitative estimate of drug-likeness (QED) is 0.148. The Morgan fingerprint density at radius 2 is 0.741 bits per heavy atom. The molecule has 9 aromatic carbocycles. The molecule has 11 aromatic rings. The molecule has 0 fully saturated rings. The predicted octanol–water partition coefficient (Wildman–Crippen LogP) is 15.5. The van der Waals surface area contributed by atoms with Crippen LogP contribution in [-0.2, 0) is 0 Å². The zero-order valence-electron chi connectivity index (χ0n) is 31.8. The van der Waals surface area contributed by atoms with E-state index < -0.39 is 0 Å². The summed E-state index contributed by atoms with van der Waals surface area (Å²) in [4.78, 5) is 2.36. The van der Waals surface area contributed by atoms with Crippen LogP contribution in [0.1, 0.15) is 0 Å². The summed E-state index contributed by atoms with van der Waals surface area (Å²) < 4.78 is 2.39.